The highest BCUT2D eigenvalue weighted by molar-refractivity contribution is 7.61. The van der Waals surface area contributed by atoms with Crippen molar-refractivity contribution in [3.63, 3.8) is 0 Å². The van der Waals surface area contributed by atoms with Crippen molar-refractivity contribution in [2.45, 2.75) is 19.4 Å². The Kier molecular flexibility index (Phi) is 5.08. The van der Waals surface area contributed by atoms with Crippen LogP contribution in [0.5, 0.6) is 0 Å². The number of aliphatic hydroxyl groups is 1. The van der Waals surface area contributed by atoms with Crippen molar-refractivity contribution in [1.29, 1.82) is 0 Å². The molecule has 0 radical (unpaired) electrons. The number of carbonyl (C=O) groups excluding carboxylic acids is 1. The largest absolute Gasteiger partial charge is 0.538 e. The van der Waals surface area contributed by atoms with E-state index in [1.807, 2.05) is 0 Å². The molecule has 4 N–H and O–H groups in total. The van der Waals surface area contributed by atoms with E-state index in [1.165, 1.54) is 6.92 Å². The lowest BCUT2D eigenvalue weighted by Crippen LogP contribution is -2.11. The number of phosphoric ester groups is 1. The molecule has 0 aromatic carbocycles. The van der Waals surface area contributed by atoms with E-state index in [0.717, 1.165) is 0 Å². The Morgan fingerprint density at radius 3 is 2.13 bits per heavy atom. The number of phosphoric acid groups is 2. The van der Waals surface area contributed by atoms with Crippen LogP contribution in [0.2, 0.25) is 0 Å². The average molecular weight is 264 g/mol. The SMILES string of the molecule is CC(O)CC(=O)OP(=O)(O)OP(=O)(O)O. The van der Waals surface area contributed by atoms with Crippen molar-refractivity contribution < 1.29 is 42.5 Å². The molecule has 0 bridgehead atoms. The van der Waals surface area contributed by atoms with Crippen LogP contribution in [0.1, 0.15) is 13.3 Å². The van der Waals surface area contributed by atoms with E-state index in [1.54, 1.807) is 0 Å². The Morgan fingerprint density at radius 2 is 1.80 bits per heavy atom. The van der Waals surface area contributed by atoms with Gasteiger partial charge in [-0.15, -0.1) is 0 Å². The maximum absolute atomic E-state index is 10.7. The lowest BCUT2D eigenvalue weighted by atomic mass is 10.3. The summed E-state index contributed by atoms with van der Waals surface area (Å²) in [6, 6.07) is 0. The fourth-order valence-electron chi connectivity index (χ4n) is 0.558. The molecular formula is C4H10O9P2. The second kappa shape index (κ2) is 5.18. The first-order valence-corrected chi connectivity index (χ1v) is 6.54. The molecule has 0 spiro atoms. The molecule has 15 heavy (non-hydrogen) atoms. The van der Waals surface area contributed by atoms with Gasteiger partial charge in [-0.3, -0.25) is 9.69 Å². The summed E-state index contributed by atoms with van der Waals surface area (Å²) in [4.78, 5) is 35.7. The summed E-state index contributed by atoms with van der Waals surface area (Å²) in [5.41, 5.74) is 0. The Balaban J connectivity index is 4.33. The molecule has 9 nitrogen and oxygen atoms in total. The number of aliphatic hydroxyl groups excluding tert-OH is 1. The molecular weight excluding hydrogens is 254 g/mol. The van der Waals surface area contributed by atoms with Crippen molar-refractivity contribution in [3.05, 3.63) is 0 Å². The second-order valence-electron chi connectivity index (χ2n) is 2.56. The molecule has 0 saturated carbocycles. The van der Waals surface area contributed by atoms with Gasteiger partial charge < -0.3 is 19.4 Å². The maximum atomic E-state index is 10.7. The molecule has 0 saturated heterocycles. The molecule has 0 aliphatic heterocycles. The smallest absolute Gasteiger partial charge is 0.393 e. The normalized spacial score (nSPS) is 17.9. The molecule has 0 aromatic rings. The van der Waals surface area contributed by atoms with E-state index in [4.69, 9.17) is 19.8 Å². The summed E-state index contributed by atoms with van der Waals surface area (Å²) in [6.07, 6.45) is -1.72. The minimum atomic E-state index is -5.23. The van der Waals surface area contributed by atoms with Crippen LogP contribution in [0.25, 0.3) is 0 Å². The first-order chi connectivity index (χ1) is 6.52. The Labute approximate surface area is 84.5 Å². The average Bonchev–Trinajstić information content (AvgIpc) is 1.73. The van der Waals surface area contributed by atoms with Crippen molar-refractivity contribution in [1.82, 2.24) is 0 Å². The van der Waals surface area contributed by atoms with Gasteiger partial charge in [-0.1, -0.05) is 0 Å². The standard InChI is InChI=1S/C4H10O9P2/c1-3(5)2-4(6)12-15(10,11)13-14(7,8)9/h3,5H,2H2,1H3,(H,10,11)(H2,7,8,9). The zero-order valence-electron chi connectivity index (χ0n) is 7.51. The molecule has 2 atom stereocenters. The molecule has 90 valence electrons. The summed E-state index contributed by atoms with van der Waals surface area (Å²) in [5.74, 6) is -1.32. The molecule has 0 heterocycles. The van der Waals surface area contributed by atoms with Crippen LogP contribution in [0.15, 0.2) is 0 Å². The van der Waals surface area contributed by atoms with Crippen molar-refractivity contribution in [3.8, 4) is 0 Å². The molecule has 0 fully saturated rings. The van der Waals surface area contributed by atoms with Crippen molar-refractivity contribution >= 4 is 21.6 Å². The van der Waals surface area contributed by atoms with E-state index in [-0.39, 0.29) is 0 Å². The van der Waals surface area contributed by atoms with Crippen LogP contribution in [0, 0.1) is 0 Å². The third-order valence-corrected chi connectivity index (χ3v) is 3.00. The number of rotatable bonds is 5. The summed E-state index contributed by atoms with van der Waals surface area (Å²) in [5, 5.41) is 8.69. The number of carbonyl (C=O) groups is 1. The van der Waals surface area contributed by atoms with E-state index < -0.39 is 34.1 Å². The van der Waals surface area contributed by atoms with Gasteiger partial charge >= 0.3 is 21.6 Å². The van der Waals surface area contributed by atoms with Crippen molar-refractivity contribution in [2.75, 3.05) is 0 Å². The van der Waals surface area contributed by atoms with Gasteiger partial charge in [0.2, 0.25) is 0 Å². The predicted octanol–water partition coefficient (Wildman–Crippen LogP) is -0.490. The molecule has 0 aliphatic carbocycles. The molecule has 11 heteroatoms. The predicted molar refractivity (Wildman–Crippen MR) is 45.3 cm³/mol. The summed E-state index contributed by atoms with van der Waals surface area (Å²) in [6.45, 7) is 1.22. The zero-order valence-corrected chi connectivity index (χ0v) is 9.30. The van der Waals surface area contributed by atoms with Gasteiger partial charge in [-0.05, 0) is 6.92 Å². The van der Waals surface area contributed by atoms with Gasteiger partial charge in [0.1, 0.15) is 0 Å². The van der Waals surface area contributed by atoms with Gasteiger partial charge in [0.25, 0.3) is 0 Å². The molecule has 0 aliphatic rings. The van der Waals surface area contributed by atoms with Gasteiger partial charge in [0.05, 0.1) is 12.5 Å². The summed E-state index contributed by atoms with van der Waals surface area (Å²) >= 11 is 0. The minimum absolute atomic E-state index is 0.602. The quantitative estimate of drug-likeness (QED) is 0.482. The summed E-state index contributed by atoms with van der Waals surface area (Å²) in [7, 11) is -10.4. The van der Waals surface area contributed by atoms with E-state index in [9.17, 15) is 13.9 Å². The molecule has 0 aromatic heterocycles. The first-order valence-electron chi connectivity index (χ1n) is 3.52. The van der Waals surface area contributed by atoms with Crippen LogP contribution in [-0.2, 0) is 22.8 Å². The first kappa shape index (κ1) is 14.7. The second-order valence-corrected chi connectivity index (χ2v) is 5.31. The van der Waals surface area contributed by atoms with Gasteiger partial charge in [0.15, 0.2) is 0 Å². The van der Waals surface area contributed by atoms with E-state index in [0.29, 0.717) is 0 Å². The van der Waals surface area contributed by atoms with E-state index in [2.05, 4.69) is 8.83 Å². The fourth-order valence-corrected chi connectivity index (χ4v) is 2.10. The third-order valence-electron chi connectivity index (χ3n) is 0.889. The monoisotopic (exact) mass is 264 g/mol. The van der Waals surface area contributed by atoms with Crippen LogP contribution in [0.4, 0.5) is 0 Å². The topological polar surface area (TPSA) is 151 Å². The number of hydrogen-bond donors (Lipinski definition) is 4. The highest BCUT2D eigenvalue weighted by Crippen LogP contribution is 2.57. The fraction of sp³-hybridized carbons (Fsp3) is 0.750. The van der Waals surface area contributed by atoms with Gasteiger partial charge in [-0.25, -0.2) is 9.13 Å². The molecule has 0 rings (SSSR count). The summed E-state index contributed by atoms with van der Waals surface area (Å²) < 4.78 is 27.9. The van der Waals surface area contributed by atoms with Gasteiger partial charge in [0, 0.05) is 0 Å². The van der Waals surface area contributed by atoms with Gasteiger partial charge in [-0.2, -0.15) is 4.31 Å². The van der Waals surface area contributed by atoms with Crippen LogP contribution in [0.3, 0.4) is 0 Å². The lowest BCUT2D eigenvalue weighted by Gasteiger charge is -2.12. The minimum Gasteiger partial charge on any atom is -0.393 e. The highest BCUT2D eigenvalue weighted by Gasteiger charge is 2.35. The van der Waals surface area contributed by atoms with Crippen molar-refractivity contribution in [2.24, 2.45) is 0 Å². The van der Waals surface area contributed by atoms with Crippen LogP contribution >= 0.6 is 15.6 Å². The lowest BCUT2D eigenvalue weighted by molar-refractivity contribution is -0.137. The third kappa shape index (κ3) is 8.71. The van der Waals surface area contributed by atoms with Crippen LogP contribution in [-0.4, -0.2) is 31.9 Å². The Hall–Kier alpha value is -0.270. The number of hydrogen-bond acceptors (Lipinski definition) is 6. The molecule has 0 amide bonds. The Bertz CT molecular complexity index is 316. The Morgan fingerprint density at radius 1 is 1.33 bits per heavy atom. The zero-order chi connectivity index (χ0) is 12.3. The van der Waals surface area contributed by atoms with E-state index >= 15 is 0 Å². The highest BCUT2D eigenvalue weighted by atomic mass is 31.3. The maximum Gasteiger partial charge on any atom is 0.538 e. The van der Waals surface area contributed by atoms with Crippen LogP contribution < -0.4 is 0 Å². The molecule has 2 unspecified atom stereocenters.